The molecule has 1 amide bonds. The van der Waals surface area contributed by atoms with Crippen LogP contribution in [-0.2, 0) is 28.9 Å². The fourth-order valence-electron chi connectivity index (χ4n) is 5.45. The van der Waals surface area contributed by atoms with Crippen molar-refractivity contribution in [2.45, 2.75) is 43.9 Å². The van der Waals surface area contributed by atoms with Crippen LogP contribution in [0.25, 0.3) is 10.8 Å². The van der Waals surface area contributed by atoms with Gasteiger partial charge < -0.3 is 15.4 Å². The molecular weight excluding hydrogens is 410 g/mol. The molecule has 2 aliphatic rings. The Labute approximate surface area is 196 Å². The SMILES string of the molecule is COCCNC(=O)[C@@H]1C[C@@H](NCc2ccc3ccccc3c2)CN1C1Cc2ccccc2C1. The third-order valence-electron chi connectivity index (χ3n) is 7.15. The van der Waals surface area contributed by atoms with Gasteiger partial charge in [-0.25, -0.2) is 0 Å². The van der Waals surface area contributed by atoms with Crippen molar-refractivity contribution in [1.82, 2.24) is 15.5 Å². The van der Waals surface area contributed by atoms with Gasteiger partial charge in [0.05, 0.1) is 12.6 Å². The van der Waals surface area contributed by atoms with Crippen LogP contribution in [0.4, 0.5) is 0 Å². The van der Waals surface area contributed by atoms with Crippen molar-refractivity contribution >= 4 is 16.7 Å². The first-order valence-corrected chi connectivity index (χ1v) is 12.0. The molecule has 172 valence electrons. The van der Waals surface area contributed by atoms with Crippen LogP contribution in [0, 0.1) is 0 Å². The number of benzene rings is 3. The Morgan fingerprint density at radius 1 is 1.00 bits per heavy atom. The first-order valence-electron chi connectivity index (χ1n) is 12.0. The third kappa shape index (κ3) is 4.96. The fraction of sp³-hybridized carbons (Fsp3) is 0.393. The number of fused-ring (bicyclic) bond motifs is 2. The molecule has 5 nitrogen and oxygen atoms in total. The summed E-state index contributed by atoms with van der Waals surface area (Å²) in [6, 6.07) is 24.4. The number of ether oxygens (including phenoxy) is 1. The lowest BCUT2D eigenvalue weighted by Crippen LogP contribution is -2.48. The topological polar surface area (TPSA) is 53.6 Å². The quantitative estimate of drug-likeness (QED) is 0.525. The van der Waals surface area contributed by atoms with Crippen LogP contribution in [0.5, 0.6) is 0 Å². The Bertz CT molecular complexity index is 1090. The highest BCUT2D eigenvalue weighted by Gasteiger charge is 2.41. The summed E-state index contributed by atoms with van der Waals surface area (Å²) in [7, 11) is 1.66. The summed E-state index contributed by atoms with van der Waals surface area (Å²) in [5, 5.41) is 9.36. The molecule has 1 fully saturated rings. The number of methoxy groups -OCH3 is 1. The Morgan fingerprint density at radius 3 is 2.48 bits per heavy atom. The van der Waals surface area contributed by atoms with E-state index in [1.807, 2.05) is 0 Å². The largest absolute Gasteiger partial charge is 0.383 e. The number of hydrogen-bond acceptors (Lipinski definition) is 4. The molecule has 1 saturated heterocycles. The molecule has 2 N–H and O–H groups in total. The first-order chi connectivity index (χ1) is 16.2. The van der Waals surface area contributed by atoms with E-state index in [0.717, 1.165) is 32.4 Å². The predicted octanol–water partition coefficient (Wildman–Crippen LogP) is 3.30. The van der Waals surface area contributed by atoms with E-state index in [-0.39, 0.29) is 11.9 Å². The molecule has 0 saturated carbocycles. The first kappa shape index (κ1) is 22.1. The summed E-state index contributed by atoms with van der Waals surface area (Å²) in [4.78, 5) is 15.5. The second-order valence-corrected chi connectivity index (χ2v) is 9.32. The van der Waals surface area contributed by atoms with Gasteiger partial charge in [0.15, 0.2) is 0 Å². The van der Waals surface area contributed by atoms with Crippen molar-refractivity contribution in [3.05, 3.63) is 83.4 Å². The van der Waals surface area contributed by atoms with E-state index in [9.17, 15) is 4.79 Å². The zero-order valence-corrected chi connectivity index (χ0v) is 19.3. The summed E-state index contributed by atoms with van der Waals surface area (Å²) >= 11 is 0. The smallest absolute Gasteiger partial charge is 0.237 e. The number of nitrogens with zero attached hydrogens (tertiary/aromatic N) is 1. The van der Waals surface area contributed by atoms with E-state index >= 15 is 0 Å². The van der Waals surface area contributed by atoms with Gasteiger partial charge in [-0.2, -0.15) is 0 Å². The number of rotatable bonds is 8. The molecule has 0 bridgehead atoms. The van der Waals surface area contributed by atoms with Gasteiger partial charge >= 0.3 is 0 Å². The molecule has 0 aromatic heterocycles. The molecule has 3 aromatic carbocycles. The molecule has 0 unspecified atom stereocenters. The summed E-state index contributed by atoms with van der Waals surface area (Å²) in [6.07, 6.45) is 2.88. The lowest BCUT2D eigenvalue weighted by Gasteiger charge is -2.29. The molecule has 0 spiro atoms. The maximum Gasteiger partial charge on any atom is 0.237 e. The van der Waals surface area contributed by atoms with Gasteiger partial charge in [0.2, 0.25) is 5.91 Å². The highest BCUT2D eigenvalue weighted by molar-refractivity contribution is 5.83. The molecule has 1 heterocycles. The van der Waals surface area contributed by atoms with E-state index < -0.39 is 0 Å². The highest BCUT2D eigenvalue weighted by Crippen LogP contribution is 2.31. The highest BCUT2D eigenvalue weighted by atomic mass is 16.5. The van der Waals surface area contributed by atoms with Gasteiger partial charge in [-0.15, -0.1) is 0 Å². The number of nitrogens with one attached hydrogen (secondary N) is 2. The normalized spacial score (nSPS) is 20.9. The molecule has 3 aromatic rings. The Hall–Kier alpha value is -2.73. The van der Waals surface area contributed by atoms with E-state index in [4.69, 9.17) is 4.74 Å². The Kier molecular flexibility index (Phi) is 6.72. The molecular formula is C28H33N3O2. The summed E-state index contributed by atoms with van der Waals surface area (Å²) in [6.45, 7) is 2.80. The van der Waals surface area contributed by atoms with Crippen molar-refractivity contribution in [3.8, 4) is 0 Å². The van der Waals surface area contributed by atoms with Crippen molar-refractivity contribution in [2.75, 3.05) is 26.8 Å². The summed E-state index contributed by atoms with van der Waals surface area (Å²) < 4.78 is 5.12. The third-order valence-corrected chi connectivity index (χ3v) is 7.15. The molecule has 33 heavy (non-hydrogen) atoms. The molecule has 5 heteroatoms. The van der Waals surface area contributed by atoms with Crippen molar-refractivity contribution in [1.29, 1.82) is 0 Å². The van der Waals surface area contributed by atoms with Crippen LogP contribution in [0.15, 0.2) is 66.7 Å². The number of carbonyl (C=O) groups is 1. The van der Waals surface area contributed by atoms with Crippen LogP contribution >= 0.6 is 0 Å². The zero-order valence-electron chi connectivity index (χ0n) is 19.3. The van der Waals surface area contributed by atoms with Crippen molar-refractivity contribution in [2.24, 2.45) is 0 Å². The average Bonchev–Trinajstić information content (AvgIpc) is 3.47. The van der Waals surface area contributed by atoms with Crippen molar-refractivity contribution in [3.63, 3.8) is 0 Å². The van der Waals surface area contributed by atoms with E-state index in [0.29, 0.717) is 25.2 Å². The van der Waals surface area contributed by atoms with Gasteiger partial charge in [0.1, 0.15) is 0 Å². The van der Waals surface area contributed by atoms with Gasteiger partial charge in [0.25, 0.3) is 0 Å². The zero-order chi connectivity index (χ0) is 22.6. The van der Waals surface area contributed by atoms with Gasteiger partial charge in [-0.05, 0) is 52.8 Å². The van der Waals surface area contributed by atoms with E-state index in [1.54, 1.807) is 7.11 Å². The lowest BCUT2D eigenvalue weighted by atomic mass is 10.1. The minimum Gasteiger partial charge on any atom is -0.383 e. The maximum absolute atomic E-state index is 13.1. The predicted molar refractivity (Wildman–Crippen MR) is 132 cm³/mol. The van der Waals surface area contributed by atoms with Crippen LogP contribution in [0.2, 0.25) is 0 Å². The van der Waals surface area contributed by atoms with Crippen molar-refractivity contribution < 1.29 is 9.53 Å². The standard InChI is InChI=1S/C28H33N3O2/c1-33-13-12-29-28(32)27-17-25(19-31(27)26-15-23-8-4-5-9-24(23)16-26)30-18-20-10-11-21-6-2-3-7-22(21)14-20/h2-11,14,25-27,30H,12-13,15-19H2,1H3,(H,29,32)/t25-,27+/m1/s1. The Balaban J connectivity index is 1.26. The number of hydrogen-bond donors (Lipinski definition) is 2. The minimum absolute atomic E-state index is 0.102. The Morgan fingerprint density at radius 2 is 1.73 bits per heavy atom. The minimum atomic E-state index is -0.102. The fourth-order valence-corrected chi connectivity index (χ4v) is 5.45. The van der Waals surface area contributed by atoms with Gasteiger partial charge in [-0.1, -0.05) is 60.7 Å². The number of carbonyl (C=O) groups excluding carboxylic acids is 1. The van der Waals surface area contributed by atoms with Crippen LogP contribution in [0.3, 0.4) is 0 Å². The second kappa shape index (κ2) is 10.0. The van der Waals surface area contributed by atoms with E-state index in [1.165, 1.54) is 27.5 Å². The van der Waals surface area contributed by atoms with Crippen LogP contribution in [0.1, 0.15) is 23.1 Å². The van der Waals surface area contributed by atoms with Crippen LogP contribution < -0.4 is 10.6 Å². The monoisotopic (exact) mass is 443 g/mol. The second-order valence-electron chi connectivity index (χ2n) is 9.32. The number of amides is 1. The van der Waals surface area contributed by atoms with Gasteiger partial charge in [0, 0.05) is 38.8 Å². The average molecular weight is 444 g/mol. The molecule has 0 radical (unpaired) electrons. The molecule has 1 aliphatic carbocycles. The lowest BCUT2D eigenvalue weighted by molar-refractivity contribution is -0.126. The molecule has 2 atom stereocenters. The summed E-state index contributed by atoms with van der Waals surface area (Å²) in [5.74, 6) is 0.123. The number of likely N-dealkylation sites (tertiary alicyclic amines) is 1. The van der Waals surface area contributed by atoms with E-state index in [2.05, 4.69) is 82.3 Å². The molecule has 1 aliphatic heterocycles. The van der Waals surface area contributed by atoms with Crippen LogP contribution in [-0.4, -0.2) is 55.7 Å². The van der Waals surface area contributed by atoms with Gasteiger partial charge in [-0.3, -0.25) is 9.69 Å². The maximum atomic E-state index is 13.1. The summed E-state index contributed by atoms with van der Waals surface area (Å²) in [5.41, 5.74) is 4.13. The molecule has 5 rings (SSSR count).